The number of aliphatic hydroxyl groups excluding tert-OH is 1. The number of hydrogen-bond acceptors (Lipinski definition) is 4. The van der Waals surface area contributed by atoms with Gasteiger partial charge in [0.1, 0.15) is 11.4 Å². The molecule has 1 aliphatic heterocycles. The minimum Gasteiger partial charge on any atom is -0.497 e. The largest absolute Gasteiger partial charge is 0.497 e. The van der Waals surface area contributed by atoms with E-state index < -0.39 is 0 Å². The molecule has 0 saturated carbocycles. The summed E-state index contributed by atoms with van der Waals surface area (Å²) in [5.74, 6) is 0.743. The Bertz CT molecular complexity index is 1080. The van der Waals surface area contributed by atoms with Gasteiger partial charge in [0.2, 0.25) is 0 Å². The number of hydrogen-bond donors (Lipinski definition) is 1. The molecule has 5 heteroatoms. The van der Waals surface area contributed by atoms with Crippen LogP contribution in [0.3, 0.4) is 0 Å². The van der Waals surface area contributed by atoms with Gasteiger partial charge in [-0.3, -0.25) is 9.78 Å². The van der Waals surface area contributed by atoms with Gasteiger partial charge in [0.05, 0.1) is 13.7 Å². The van der Waals surface area contributed by atoms with Gasteiger partial charge >= 0.3 is 0 Å². The van der Waals surface area contributed by atoms with Crippen LogP contribution in [0.25, 0.3) is 11.1 Å². The number of carbonyl (C=O) groups excluding carboxylic acids is 1. The average molecular weight is 417 g/mol. The van der Waals surface area contributed by atoms with E-state index in [4.69, 9.17) is 4.74 Å². The number of ether oxygens (including phenoxy) is 1. The summed E-state index contributed by atoms with van der Waals surface area (Å²) >= 11 is 0. The van der Waals surface area contributed by atoms with E-state index in [-0.39, 0.29) is 18.4 Å². The van der Waals surface area contributed by atoms with Gasteiger partial charge < -0.3 is 14.7 Å². The van der Waals surface area contributed by atoms with E-state index in [9.17, 15) is 9.90 Å². The first-order valence-corrected chi connectivity index (χ1v) is 10.8. The van der Waals surface area contributed by atoms with Gasteiger partial charge in [0.15, 0.2) is 0 Å². The third-order valence-corrected chi connectivity index (χ3v) is 6.12. The van der Waals surface area contributed by atoms with Crippen LogP contribution in [0.15, 0.2) is 60.8 Å². The Morgan fingerprint density at radius 3 is 2.77 bits per heavy atom. The van der Waals surface area contributed by atoms with E-state index in [1.54, 1.807) is 25.4 Å². The summed E-state index contributed by atoms with van der Waals surface area (Å²) < 4.78 is 5.21. The van der Waals surface area contributed by atoms with Gasteiger partial charge in [-0.25, -0.2) is 0 Å². The van der Waals surface area contributed by atoms with Gasteiger partial charge in [-0.15, -0.1) is 0 Å². The van der Waals surface area contributed by atoms with E-state index in [0.29, 0.717) is 24.5 Å². The van der Waals surface area contributed by atoms with Crippen molar-refractivity contribution in [2.24, 2.45) is 0 Å². The lowest BCUT2D eigenvalue weighted by molar-refractivity contribution is 0.0784. The third-order valence-electron chi connectivity index (χ3n) is 6.12. The number of aliphatic hydroxyl groups is 1. The molecule has 3 aromatic rings. The number of pyridine rings is 1. The Balaban J connectivity index is 1.55. The average Bonchev–Trinajstić information content (AvgIpc) is 3.33. The van der Waals surface area contributed by atoms with Gasteiger partial charge in [0.25, 0.3) is 5.91 Å². The fourth-order valence-electron chi connectivity index (χ4n) is 4.43. The number of amides is 1. The number of aryl methyl sites for hydroxylation is 1. The Morgan fingerprint density at radius 1 is 1.16 bits per heavy atom. The number of carbonyl (C=O) groups is 1. The van der Waals surface area contributed by atoms with E-state index in [0.717, 1.165) is 29.5 Å². The van der Waals surface area contributed by atoms with Crippen molar-refractivity contribution in [3.05, 3.63) is 83.2 Å². The van der Waals surface area contributed by atoms with Crippen LogP contribution >= 0.6 is 0 Å². The van der Waals surface area contributed by atoms with E-state index in [1.165, 1.54) is 11.1 Å². The van der Waals surface area contributed by atoms with Crippen LogP contribution in [0.4, 0.5) is 0 Å². The van der Waals surface area contributed by atoms with Crippen LogP contribution in [0.2, 0.25) is 0 Å². The molecule has 0 radical (unpaired) electrons. The molecule has 2 aromatic carbocycles. The van der Waals surface area contributed by atoms with Crippen LogP contribution in [0.1, 0.15) is 46.4 Å². The second kappa shape index (κ2) is 9.31. The number of methoxy groups -OCH3 is 1. The summed E-state index contributed by atoms with van der Waals surface area (Å²) in [5.41, 5.74) is 6.07. The molecule has 1 N–H and O–H groups in total. The molecule has 0 bridgehead atoms. The zero-order valence-corrected chi connectivity index (χ0v) is 18.0. The van der Waals surface area contributed by atoms with Gasteiger partial charge in [-0.1, -0.05) is 43.3 Å². The second-order valence-corrected chi connectivity index (χ2v) is 7.90. The van der Waals surface area contributed by atoms with Crippen LogP contribution in [0, 0.1) is 0 Å². The van der Waals surface area contributed by atoms with Crippen molar-refractivity contribution >= 4 is 5.91 Å². The normalized spacial score (nSPS) is 15.8. The Morgan fingerprint density at radius 2 is 2.00 bits per heavy atom. The first kappa shape index (κ1) is 21.1. The van der Waals surface area contributed by atoms with Gasteiger partial charge in [-0.05, 0) is 52.8 Å². The molecule has 0 aliphatic carbocycles. The lowest BCUT2D eigenvalue weighted by Crippen LogP contribution is -2.29. The molecule has 5 nitrogen and oxygen atoms in total. The minimum atomic E-state index is -0.0829. The molecule has 1 aliphatic rings. The van der Waals surface area contributed by atoms with Crippen molar-refractivity contribution < 1.29 is 14.6 Å². The maximum absolute atomic E-state index is 12.9. The molecule has 0 unspecified atom stereocenters. The highest BCUT2D eigenvalue weighted by Crippen LogP contribution is 2.34. The molecule has 160 valence electrons. The molecule has 31 heavy (non-hydrogen) atoms. The minimum absolute atomic E-state index is 0.0145. The predicted molar refractivity (Wildman–Crippen MR) is 121 cm³/mol. The van der Waals surface area contributed by atoms with Crippen LogP contribution in [-0.4, -0.2) is 41.1 Å². The smallest absolute Gasteiger partial charge is 0.272 e. The molecule has 4 rings (SSSR count). The monoisotopic (exact) mass is 416 g/mol. The number of benzene rings is 2. The highest BCUT2D eigenvalue weighted by molar-refractivity contribution is 5.93. The van der Waals surface area contributed by atoms with Crippen molar-refractivity contribution in [2.75, 3.05) is 20.2 Å². The van der Waals surface area contributed by atoms with Crippen molar-refractivity contribution in [3.63, 3.8) is 0 Å². The molecule has 2 heterocycles. The molecular formula is C26H28N2O3. The summed E-state index contributed by atoms with van der Waals surface area (Å²) in [5, 5.41) is 10.1. The quantitative estimate of drug-likeness (QED) is 0.645. The van der Waals surface area contributed by atoms with Crippen molar-refractivity contribution in [3.8, 4) is 16.9 Å². The predicted octanol–water partition coefficient (Wildman–Crippen LogP) is 4.44. The van der Waals surface area contributed by atoms with Gasteiger partial charge in [0, 0.05) is 31.3 Å². The molecule has 1 aromatic heterocycles. The van der Waals surface area contributed by atoms with Crippen LogP contribution in [-0.2, 0) is 13.0 Å². The lowest BCUT2D eigenvalue weighted by atomic mass is 9.89. The van der Waals surface area contributed by atoms with Gasteiger partial charge in [-0.2, -0.15) is 0 Å². The Labute approximate surface area is 183 Å². The molecule has 1 amide bonds. The Hall–Kier alpha value is -3.18. The highest BCUT2D eigenvalue weighted by Gasteiger charge is 2.30. The number of likely N-dealkylation sites (tertiary alicyclic amines) is 1. The summed E-state index contributed by atoms with van der Waals surface area (Å²) in [6.07, 6.45) is 3.42. The number of aromatic nitrogens is 1. The van der Waals surface area contributed by atoms with Crippen molar-refractivity contribution in [1.82, 2.24) is 9.88 Å². The third kappa shape index (κ3) is 4.32. The van der Waals surface area contributed by atoms with E-state index in [2.05, 4.69) is 48.3 Å². The van der Waals surface area contributed by atoms with Crippen LogP contribution in [0.5, 0.6) is 5.75 Å². The summed E-state index contributed by atoms with van der Waals surface area (Å²) in [7, 11) is 1.58. The first-order valence-electron chi connectivity index (χ1n) is 10.8. The zero-order chi connectivity index (χ0) is 21.8. The lowest BCUT2D eigenvalue weighted by Gasteiger charge is -2.19. The highest BCUT2D eigenvalue weighted by atomic mass is 16.5. The summed E-state index contributed by atoms with van der Waals surface area (Å²) in [6, 6.07) is 18.1. The maximum atomic E-state index is 12.9. The first-order chi connectivity index (χ1) is 15.1. The molecule has 1 saturated heterocycles. The SMILES string of the molecule is CCc1ccccc1-c1ccc([C@@H]2CCN(C(=O)c3cc(OC)ccn3)C2)c(CO)c1. The number of nitrogens with zero attached hydrogens (tertiary/aromatic N) is 2. The standard InChI is InChI=1S/C26H28N2O3/c1-3-18-6-4-5-7-23(18)19-8-9-24(21(14-19)17-29)20-11-13-28(16-20)26(30)25-15-22(31-2)10-12-27-25/h4-10,12,14-15,20,29H,3,11,13,16-17H2,1-2H3/t20-/m1/s1. The molecule has 0 spiro atoms. The second-order valence-electron chi connectivity index (χ2n) is 7.90. The number of rotatable bonds is 6. The summed E-state index contributed by atoms with van der Waals surface area (Å²) in [6.45, 7) is 3.43. The zero-order valence-electron chi connectivity index (χ0n) is 18.0. The van der Waals surface area contributed by atoms with Crippen molar-refractivity contribution in [2.45, 2.75) is 32.3 Å². The van der Waals surface area contributed by atoms with Crippen molar-refractivity contribution in [1.29, 1.82) is 0 Å². The summed E-state index contributed by atoms with van der Waals surface area (Å²) in [4.78, 5) is 19.0. The fraction of sp³-hybridized carbons (Fsp3) is 0.308. The van der Waals surface area contributed by atoms with Crippen LogP contribution < -0.4 is 4.74 Å². The fourth-order valence-corrected chi connectivity index (χ4v) is 4.43. The molecular weight excluding hydrogens is 388 g/mol. The van der Waals surface area contributed by atoms with E-state index >= 15 is 0 Å². The molecule has 1 fully saturated rings. The molecule has 1 atom stereocenters. The Kier molecular flexibility index (Phi) is 6.33. The topological polar surface area (TPSA) is 62.7 Å². The maximum Gasteiger partial charge on any atom is 0.272 e. The van der Waals surface area contributed by atoms with E-state index in [1.807, 2.05) is 11.0 Å².